The average Bonchev–Trinajstić information content (AvgIpc) is 3.01. The Labute approximate surface area is 239 Å². The maximum Gasteiger partial charge on any atom is 0.254 e. The first-order chi connectivity index (χ1) is 19.8. The number of nitrogens with zero attached hydrogens (tertiary/aromatic N) is 3. The smallest absolute Gasteiger partial charge is 0.254 e. The molecule has 216 valence electrons. The Morgan fingerprint density at radius 2 is 1.41 bits per heavy atom. The van der Waals surface area contributed by atoms with Gasteiger partial charge < -0.3 is 33.6 Å². The third-order valence-corrected chi connectivity index (χ3v) is 7.97. The number of rotatable bonds is 7. The number of halogens is 1. The standard InChI is InChI=1S/C31H34FN3O6/c1-33-29(19-10-11-24(38-2)25(16-19)39-3)28(20-17-26(40-4)27(41-5)18-21(20)30(33)36)31(37)35-14-12-34(13-15-35)23-9-7-6-8-22(23)32/h6-11,16-18,28-29H,12-15H2,1-5H3. The van der Waals surface area contributed by atoms with Gasteiger partial charge in [0.25, 0.3) is 5.91 Å². The Kier molecular flexibility index (Phi) is 7.92. The number of hydrogen-bond donors (Lipinski definition) is 0. The van der Waals surface area contributed by atoms with Crippen molar-refractivity contribution in [1.29, 1.82) is 0 Å². The highest BCUT2D eigenvalue weighted by Crippen LogP contribution is 2.47. The summed E-state index contributed by atoms with van der Waals surface area (Å²) in [6, 6.07) is 14.8. The molecule has 2 unspecified atom stereocenters. The van der Waals surface area contributed by atoms with E-state index in [1.807, 2.05) is 11.0 Å². The van der Waals surface area contributed by atoms with Crippen LogP contribution in [-0.4, -0.2) is 83.3 Å². The normalized spacial score (nSPS) is 18.6. The van der Waals surface area contributed by atoms with Crippen molar-refractivity contribution in [2.24, 2.45) is 0 Å². The van der Waals surface area contributed by atoms with Gasteiger partial charge in [0.1, 0.15) is 5.82 Å². The van der Waals surface area contributed by atoms with Gasteiger partial charge in [0, 0.05) is 38.8 Å². The van der Waals surface area contributed by atoms with E-state index in [9.17, 15) is 14.0 Å². The number of hydrogen-bond acceptors (Lipinski definition) is 7. The number of amides is 2. The van der Waals surface area contributed by atoms with Gasteiger partial charge in [-0.15, -0.1) is 0 Å². The van der Waals surface area contributed by atoms with Crippen molar-refractivity contribution in [2.45, 2.75) is 12.0 Å². The molecule has 0 saturated carbocycles. The van der Waals surface area contributed by atoms with Gasteiger partial charge in [0.05, 0.1) is 46.1 Å². The number of ether oxygens (including phenoxy) is 4. The fraction of sp³-hybridized carbons (Fsp3) is 0.355. The highest BCUT2D eigenvalue weighted by Gasteiger charge is 2.45. The SMILES string of the molecule is COc1ccc(C2C(C(=O)N3CCN(c4ccccc4F)CC3)c3cc(OC)c(OC)cc3C(=O)N2C)cc1OC. The molecule has 2 heterocycles. The molecule has 0 N–H and O–H groups in total. The summed E-state index contributed by atoms with van der Waals surface area (Å²) in [5.74, 6) is 0.460. The van der Waals surface area contributed by atoms with Gasteiger partial charge in [-0.05, 0) is 47.5 Å². The second-order valence-corrected chi connectivity index (χ2v) is 10.0. The van der Waals surface area contributed by atoms with Gasteiger partial charge in [0.2, 0.25) is 5.91 Å². The summed E-state index contributed by atoms with van der Waals surface area (Å²) in [4.78, 5) is 33.5. The molecular weight excluding hydrogens is 529 g/mol. The minimum absolute atomic E-state index is 0.134. The molecule has 41 heavy (non-hydrogen) atoms. The third kappa shape index (κ3) is 4.98. The molecule has 1 saturated heterocycles. The molecule has 0 spiro atoms. The second kappa shape index (κ2) is 11.6. The first-order valence-corrected chi connectivity index (χ1v) is 13.4. The second-order valence-electron chi connectivity index (χ2n) is 10.0. The van der Waals surface area contributed by atoms with Gasteiger partial charge in [-0.3, -0.25) is 9.59 Å². The molecule has 0 aromatic heterocycles. The summed E-state index contributed by atoms with van der Waals surface area (Å²) in [7, 11) is 7.81. The Bertz CT molecular complexity index is 1460. The summed E-state index contributed by atoms with van der Waals surface area (Å²) in [6.45, 7) is 1.77. The first-order valence-electron chi connectivity index (χ1n) is 13.4. The molecule has 0 radical (unpaired) electrons. The van der Waals surface area contributed by atoms with Crippen molar-refractivity contribution in [2.75, 3.05) is 66.6 Å². The molecule has 9 nitrogen and oxygen atoms in total. The van der Waals surface area contributed by atoms with Crippen molar-refractivity contribution in [3.8, 4) is 23.0 Å². The van der Waals surface area contributed by atoms with Crippen LogP contribution in [0.4, 0.5) is 10.1 Å². The summed E-state index contributed by atoms with van der Waals surface area (Å²) in [6.07, 6.45) is 0. The fourth-order valence-electron chi connectivity index (χ4n) is 5.84. The third-order valence-electron chi connectivity index (χ3n) is 7.97. The fourth-order valence-corrected chi connectivity index (χ4v) is 5.84. The molecule has 1 fully saturated rings. The van der Waals surface area contributed by atoms with Crippen LogP contribution in [0.3, 0.4) is 0 Å². The van der Waals surface area contributed by atoms with Crippen LogP contribution in [0, 0.1) is 5.82 Å². The number of para-hydroxylation sites is 1. The van der Waals surface area contributed by atoms with E-state index in [-0.39, 0.29) is 17.6 Å². The van der Waals surface area contributed by atoms with Crippen LogP contribution in [0.5, 0.6) is 23.0 Å². The van der Waals surface area contributed by atoms with Crippen LogP contribution >= 0.6 is 0 Å². The van der Waals surface area contributed by atoms with E-state index in [4.69, 9.17) is 18.9 Å². The molecule has 0 bridgehead atoms. The van der Waals surface area contributed by atoms with E-state index in [2.05, 4.69) is 0 Å². The van der Waals surface area contributed by atoms with Crippen molar-refractivity contribution in [3.05, 3.63) is 77.1 Å². The van der Waals surface area contributed by atoms with Crippen LogP contribution in [0.1, 0.15) is 33.4 Å². The number of anilines is 1. The van der Waals surface area contributed by atoms with Crippen molar-refractivity contribution < 1.29 is 32.9 Å². The van der Waals surface area contributed by atoms with Crippen LogP contribution in [0.2, 0.25) is 0 Å². The zero-order chi connectivity index (χ0) is 29.3. The maximum atomic E-state index is 14.5. The van der Waals surface area contributed by atoms with Crippen LogP contribution in [0.25, 0.3) is 0 Å². The number of carbonyl (C=O) groups excluding carboxylic acids is 2. The molecule has 10 heteroatoms. The van der Waals surface area contributed by atoms with Gasteiger partial charge in [-0.2, -0.15) is 0 Å². The summed E-state index contributed by atoms with van der Waals surface area (Å²) in [5, 5.41) is 0. The number of likely N-dealkylation sites (N-methyl/N-ethyl adjacent to an activating group) is 1. The molecule has 5 rings (SSSR count). The number of fused-ring (bicyclic) bond motifs is 1. The van der Waals surface area contributed by atoms with Gasteiger partial charge in [-0.25, -0.2) is 4.39 Å². The Hall–Kier alpha value is -4.47. The Morgan fingerprint density at radius 3 is 2.05 bits per heavy atom. The van der Waals surface area contributed by atoms with Gasteiger partial charge in [0.15, 0.2) is 23.0 Å². The van der Waals surface area contributed by atoms with Crippen molar-refractivity contribution in [3.63, 3.8) is 0 Å². The lowest BCUT2D eigenvalue weighted by atomic mass is 9.78. The number of piperazine rings is 1. The molecule has 2 aliphatic rings. The van der Waals surface area contributed by atoms with E-state index in [1.165, 1.54) is 20.3 Å². The molecule has 3 aromatic carbocycles. The lowest BCUT2D eigenvalue weighted by Crippen LogP contribution is -2.53. The largest absolute Gasteiger partial charge is 0.493 e. The topological polar surface area (TPSA) is 80.8 Å². The van der Waals surface area contributed by atoms with E-state index in [1.54, 1.807) is 73.5 Å². The van der Waals surface area contributed by atoms with Crippen LogP contribution in [-0.2, 0) is 4.79 Å². The first kappa shape index (κ1) is 28.1. The van der Waals surface area contributed by atoms with E-state index in [0.717, 1.165) is 5.56 Å². The molecule has 2 aliphatic heterocycles. The Balaban J connectivity index is 1.56. The van der Waals surface area contributed by atoms with Gasteiger partial charge >= 0.3 is 0 Å². The number of methoxy groups -OCH3 is 4. The predicted octanol–water partition coefficient (Wildman–Crippen LogP) is 4.12. The average molecular weight is 564 g/mol. The van der Waals surface area contributed by atoms with Crippen LogP contribution < -0.4 is 23.8 Å². The number of carbonyl (C=O) groups is 2. The zero-order valence-electron chi connectivity index (χ0n) is 23.8. The summed E-state index contributed by atoms with van der Waals surface area (Å²) >= 11 is 0. The number of benzene rings is 3. The maximum absolute atomic E-state index is 14.5. The Morgan fingerprint density at radius 1 is 0.805 bits per heavy atom. The lowest BCUT2D eigenvalue weighted by molar-refractivity contribution is -0.134. The lowest BCUT2D eigenvalue weighted by Gasteiger charge is -2.43. The van der Waals surface area contributed by atoms with Gasteiger partial charge in [-0.1, -0.05) is 18.2 Å². The van der Waals surface area contributed by atoms with Crippen molar-refractivity contribution >= 4 is 17.5 Å². The monoisotopic (exact) mass is 563 g/mol. The quantitative estimate of drug-likeness (QED) is 0.428. The van der Waals surface area contributed by atoms with E-state index < -0.39 is 12.0 Å². The zero-order valence-corrected chi connectivity index (χ0v) is 23.8. The van der Waals surface area contributed by atoms with E-state index >= 15 is 0 Å². The molecule has 2 atom stereocenters. The molecule has 3 aromatic rings. The molecular formula is C31H34FN3O6. The van der Waals surface area contributed by atoms with Crippen LogP contribution in [0.15, 0.2) is 54.6 Å². The molecule has 2 amide bonds. The minimum atomic E-state index is -0.745. The molecule has 0 aliphatic carbocycles. The summed E-state index contributed by atoms with van der Waals surface area (Å²) in [5.41, 5.74) is 2.19. The van der Waals surface area contributed by atoms with E-state index in [0.29, 0.717) is 66.0 Å². The highest BCUT2D eigenvalue weighted by molar-refractivity contribution is 6.02. The highest BCUT2D eigenvalue weighted by atomic mass is 19.1. The minimum Gasteiger partial charge on any atom is -0.493 e. The predicted molar refractivity (Wildman–Crippen MR) is 152 cm³/mol. The summed E-state index contributed by atoms with van der Waals surface area (Å²) < 4.78 is 36.5. The van der Waals surface area contributed by atoms with Crippen molar-refractivity contribution in [1.82, 2.24) is 9.80 Å².